The number of nitrogens with one attached hydrogen (secondary N) is 1. The molecule has 0 fully saturated rings. The van der Waals surface area contributed by atoms with Crippen LogP contribution in [0, 0.1) is 5.82 Å². The molecule has 6 heteroatoms. The molecular formula is C18H18FN3OS. The number of halogens is 1. The lowest BCUT2D eigenvalue weighted by Gasteiger charge is -2.06. The summed E-state index contributed by atoms with van der Waals surface area (Å²) in [7, 11) is 1.86. The summed E-state index contributed by atoms with van der Waals surface area (Å²) >= 11 is 1.51. The second-order valence-electron chi connectivity index (χ2n) is 5.42. The Morgan fingerprint density at radius 1 is 1.25 bits per heavy atom. The van der Waals surface area contributed by atoms with Gasteiger partial charge >= 0.3 is 0 Å². The van der Waals surface area contributed by atoms with Crippen LogP contribution in [-0.2, 0) is 18.3 Å². The van der Waals surface area contributed by atoms with E-state index >= 15 is 0 Å². The first-order valence-electron chi connectivity index (χ1n) is 7.69. The van der Waals surface area contributed by atoms with Gasteiger partial charge in [0.15, 0.2) is 0 Å². The normalized spacial score (nSPS) is 10.9. The van der Waals surface area contributed by atoms with E-state index in [9.17, 15) is 9.18 Å². The number of hydrogen-bond donors (Lipinski definition) is 1. The van der Waals surface area contributed by atoms with E-state index in [1.54, 1.807) is 6.07 Å². The zero-order valence-electron chi connectivity index (χ0n) is 13.3. The molecule has 3 rings (SSSR count). The molecule has 0 radical (unpaired) electrons. The van der Waals surface area contributed by atoms with Crippen molar-refractivity contribution in [2.75, 3.05) is 12.3 Å². The second kappa shape index (κ2) is 7.49. The van der Waals surface area contributed by atoms with Crippen LogP contribution in [-0.4, -0.2) is 27.8 Å². The molecule has 2 aromatic carbocycles. The summed E-state index contributed by atoms with van der Waals surface area (Å²) < 4.78 is 15.2. The van der Waals surface area contributed by atoms with Crippen LogP contribution in [0.1, 0.15) is 5.82 Å². The minimum Gasteiger partial charge on any atom is -0.355 e. The Hall–Kier alpha value is -2.34. The summed E-state index contributed by atoms with van der Waals surface area (Å²) in [4.78, 5) is 17.5. The molecule has 0 spiro atoms. The van der Waals surface area contributed by atoms with Gasteiger partial charge in [0.05, 0.1) is 16.8 Å². The van der Waals surface area contributed by atoms with E-state index in [1.165, 1.54) is 23.9 Å². The lowest BCUT2D eigenvalue weighted by atomic mass is 10.3. The van der Waals surface area contributed by atoms with Gasteiger partial charge in [0.25, 0.3) is 0 Å². The first kappa shape index (κ1) is 16.5. The average Bonchev–Trinajstić information content (AvgIpc) is 2.90. The van der Waals surface area contributed by atoms with Crippen molar-refractivity contribution < 1.29 is 9.18 Å². The fraction of sp³-hybridized carbons (Fsp3) is 0.222. The molecule has 0 aliphatic carbocycles. The largest absolute Gasteiger partial charge is 0.355 e. The third-order valence-electron chi connectivity index (χ3n) is 3.72. The zero-order chi connectivity index (χ0) is 16.9. The summed E-state index contributed by atoms with van der Waals surface area (Å²) in [5, 5.41) is 2.90. The standard InChI is InChI=1S/C18H18FN3OS/c1-22-16-11-13(19)7-8-15(16)21-17(22)9-10-20-18(23)12-24-14-5-3-2-4-6-14/h2-8,11H,9-10,12H2,1H3,(H,20,23). The zero-order valence-corrected chi connectivity index (χ0v) is 14.1. The van der Waals surface area contributed by atoms with Crippen molar-refractivity contribution in [1.82, 2.24) is 14.9 Å². The molecule has 1 N–H and O–H groups in total. The van der Waals surface area contributed by atoms with E-state index in [2.05, 4.69) is 10.3 Å². The van der Waals surface area contributed by atoms with Gasteiger partial charge in [-0.1, -0.05) is 18.2 Å². The number of hydrogen-bond acceptors (Lipinski definition) is 3. The molecule has 3 aromatic rings. The van der Waals surface area contributed by atoms with Crippen molar-refractivity contribution in [2.24, 2.45) is 7.05 Å². The monoisotopic (exact) mass is 343 g/mol. The summed E-state index contributed by atoms with van der Waals surface area (Å²) in [5.41, 5.74) is 1.52. The van der Waals surface area contributed by atoms with Crippen LogP contribution in [0.25, 0.3) is 11.0 Å². The minimum atomic E-state index is -0.275. The third-order valence-corrected chi connectivity index (χ3v) is 4.73. The number of aromatic nitrogens is 2. The smallest absolute Gasteiger partial charge is 0.230 e. The Labute approximate surface area is 144 Å². The highest BCUT2D eigenvalue weighted by Crippen LogP contribution is 2.17. The van der Waals surface area contributed by atoms with Gasteiger partial charge in [0, 0.05) is 24.9 Å². The molecule has 0 atom stereocenters. The predicted octanol–water partition coefficient (Wildman–Crippen LogP) is 3.16. The molecule has 4 nitrogen and oxygen atoms in total. The number of nitrogens with zero attached hydrogens (tertiary/aromatic N) is 2. The van der Waals surface area contributed by atoms with Crippen molar-refractivity contribution in [2.45, 2.75) is 11.3 Å². The maximum absolute atomic E-state index is 13.3. The maximum atomic E-state index is 13.3. The van der Waals surface area contributed by atoms with Crippen molar-refractivity contribution in [3.05, 3.63) is 60.2 Å². The number of carbonyl (C=O) groups is 1. The molecule has 0 aliphatic heterocycles. The Kier molecular flexibility index (Phi) is 5.15. The quantitative estimate of drug-likeness (QED) is 0.700. The van der Waals surface area contributed by atoms with Crippen LogP contribution >= 0.6 is 11.8 Å². The highest BCUT2D eigenvalue weighted by atomic mass is 32.2. The molecule has 0 saturated carbocycles. The van der Waals surface area contributed by atoms with Crippen molar-refractivity contribution in [1.29, 1.82) is 0 Å². The first-order valence-corrected chi connectivity index (χ1v) is 8.67. The molecule has 0 saturated heterocycles. The fourth-order valence-corrected chi connectivity index (χ4v) is 3.22. The van der Waals surface area contributed by atoms with Crippen LogP contribution in [0.4, 0.5) is 4.39 Å². The van der Waals surface area contributed by atoms with Gasteiger partial charge < -0.3 is 9.88 Å². The number of amides is 1. The summed E-state index contributed by atoms with van der Waals surface area (Å²) in [6, 6.07) is 14.4. The summed E-state index contributed by atoms with van der Waals surface area (Å²) in [6.07, 6.45) is 0.606. The lowest BCUT2D eigenvalue weighted by Crippen LogP contribution is -2.27. The number of carbonyl (C=O) groups excluding carboxylic acids is 1. The average molecular weight is 343 g/mol. The SMILES string of the molecule is Cn1c(CCNC(=O)CSc2ccccc2)nc2ccc(F)cc21. The predicted molar refractivity (Wildman–Crippen MR) is 94.6 cm³/mol. The second-order valence-corrected chi connectivity index (χ2v) is 6.47. The van der Waals surface area contributed by atoms with E-state index in [-0.39, 0.29) is 11.7 Å². The molecule has 0 unspecified atom stereocenters. The van der Waals surface area contributed by atoms with Crippen molar-refractivity contribution in [3.8, 4) is 0 Å². The van der Waals surface area contributed by atoms with Crippen LogP contribution in [0.2, 0.25) is 0 Å². The minimum absolute atomic E-state index is 0.00587. The lowest BCUT2D eigenvalue weighted by molar-refractivity contribution is -0.118. The maximum Gasteiger partial charge on any atom is 0.230 e. The van der Waals surface area contributed by atoms with Gasteiger partial charge in [-0.15, -0.1) is 11.8 Å². The molecule has 24 heavy (non-hydrogen) atoms. The number of aryl methyl sites for hydroxylation is 1. The van der Waals surface area contributed by atoms with Gasteiger partial charge in [-0.05, 0) is 30.3 Å². The van der Waals surface area contributed by atoms with Gasteiger partial charge in [-0.3, -0.25) is 4.79 Å². The fourth-order valence-electron chi connectivity index (χ4n) is 2.47. The number of rotatable bonds is 6. The molecule has 1 heterocycles. The molecule has 124 valence electrons. The molecule has 1 aromatic heterocycles. The van der Waals surface area contributed by atoms with E-state index in [4.69, 9.17) is 0 Å². The van der Waals surface area contributed by atoms with E-state index < -0.39 is 0 Å². The van der Waals surface area contributed by atoms with Crippen molar-refractivity contribution in [3.63, 3.8) is 0 Å². The van der Waals surface area contributed by atoms with Gasteiger partial charge in [-0.2, -0.15) is 0 Å². The number of thioether (sulfide) groups is 1. The number of fused-ring (bicyclic) bond motifs is 1. The van der Waals surface area contributed by atoms with Crippen LogP contribution in [0.5, 0.6) is 0 Å². The Balaban J connectivity index is 1.51. The third kappa shape index (κ3) is 3.94. The van der Waals surface area contributed by atoms with Crippen LogP contribution in [0.15, 0.2) is 53.4 Å². The Morgan fingerprint density at radius 3 is 2.83 bits per heavy atom. The molecule has 1 amide bonds. The van der Waals surface area contributed by atoms with Gasteiger partial charge in [-0.25, -0.2) is 9.37 Å². The molecule has 0 aliphatic rings. The number of benzene rings is 2. The van der Waals surface area contributed by atoms with Gasteiger partial charge in [0.2, 0.25) is 5.91 Å². The van der Waals surface area contributed by atoms with Crippen LogP contribution in [0.3, 0.4) is 0 Å². The Morgan fingerprint density at radius 2 is 2.04 bits per heavy atom. The first-order chi connectivity index (χ1) is 11.6. The van der Waals surface area contributed by atoms with E-state index in [1.807, 2.05) is 41.9 Å². The van der Waals surface area contributed by atoms with E-state index in [0.717, 1.165) is 21.8 Å². The summed E-state index contributed by atoms with van der Waals surface area (Å²) in [6.45, 7) is 0.508. The van der Waals surface area contributed by atoms with E-state index in [0.29, 0.717) is 18.7 Å². The highest BCUT2D eigenvalue weighted by Gasteiger charge is 2.09. The highest BCUT2D eigenvalue weighted by molar-refractivity contribution is 8.00. The Bertz CT molecular complexity index is 848. The van der Waals surface area contributed by atoms with Crippen molar-refractivity contribution >= 4 is 28.7 Å². The topological polar surface area (TPSA) is 46.9 Å². The number of imidazole rings is 1. The molecule has 0 bridgehead atoms. The van der Waals surface area contributed by atoms with Crippen LogP contribution < -0.4 is 5.32 Å². The van der Waals surface area contributed by atoms with Gasteiger partial charge in [0.1, 0.15) is 11.6 Å². The summed E-state index contributed by atoms with van der Waals surface area (Å²) in [5.74, 6) is 0.932. The molecular weight excluding hydrogens is 325 g/mol.